The lowest BCUT2D eigenvalue weighted by atomic mass is 9.98. The third-order valence-electron chi connectivity index (χ3n) is 6.06. The Balaban J connectivity index is 1.40. The Morgan fingerprint density at radius 3 is 2.30 bits per heavy atom. The normalized spacial score (nSPS) is 11.7. The molecule has 1 atom stereocenters. The van der Waals surface area contributed by atoms with Crippen molar-refractivity contribution in [3.63, 3.8) is 0 Å². The molecule has 2 aromatic heterocycles. The van der Waals surface area contributed by atoms with Crippen LogP contribution in [0.5, 0.6) is 0 Å². The Hall–Kier alpha value is -4.04. The highest BCUT2D eigenvalue weighted by molar-refractivity contribution is 7.15. The van der Waals surface area contributed by atoms with E-state index in [2.05, 4.69) is 20.6 Å². The molecule has 4 aromatic rings. The molecule has 0 bridgehead atoms. The van der Waals surface area contributed by atoms with Gasteiger partial charge in [-0.1, -0.05) is 42.0 Å². The van der Waals surface area contributed by atoms with E-state index < -0.39 is 12.0 Å². The molecule has 2 heterocycles. The number of thiazole rings is 1. The number of aryl methyl sites for hydroxylation is 4. The van der Waals surface area contributed by atoms with Crippen LogP contribution in [0.3, 0.4) is 0 Å². The van der Waals surface area contributed by atoms with Crippen molar-refractivity contribution in [3.8, 4) is 10.6 Å². The average molecular weight is 515 g/mol. The van der Waals surface area contributed by atoms with Crippen LogP contribution >= 0.6 is 11.3 Å². The smallest absolute Gasteiger partial charge is 0.326 e. The Morgan fingerprint density at radius 2 is 1.65 bits per heavy atom. The van der Waals surface area contributed by atoms with Gasteiger partial charge in [0.2, 0.25) is 0 Å². The number of amides is 1. The van der Waals surface area contributed by atoms with Crippen LogP contribution in [0.15, 0.2) is 60.9 Å². The number of pyridine rings is 1. The van der Waals surface area contributed by atoms with Crippen LogP contribution in [0.4, 0.5) is 5.82 Å². The van der Waals surface area contributed by atoms with Crippen molar-refractivity contribution in [2.45, 2.75) is 46.7 Å². The number of benzene rings is 2. The zero-order chi connectivity index (χ0) is 26.5. The van der Waals surface area contributed by atoms with Gasteiger partial charge in [-0.25, -0.2) is 14.8 Å². The van der Waals surface area contributed by atoms with E-state index in [4.69, 9.17) is 0 Å². The number of anilines is 1. The van der Waals surface area contributed by atoms with E-state index in [-0.39, 0.29) is 12.3 Å². The summed E-state index contributed by atoms with van der Waals surface area (Å²) in [5.74, 6) is -0.615. The molecule has 0 aliphatic carbocycles. The number of hydrogen-bond acceptors (Lipinski definition) is 6. The van der Waals surface area contributed by atoms with Crippen molar-refractivity contribution in [2.75, 3.05) is 5.32 Å². The average Bonchev–Trinajstić information content (AvgIpc) is 3.31. The number of nitrogens with one attached hydrogen (secondary N) is 2. The highest BCUT2D eigenvalue weighted by Crippen LogP contribution is 2.26. The lowest BCUT2D eigenvalue weighted by Crippen LogP contribution is -2.42. The van der Waals surface area contributed by atoms with Gasteiger partial charge >= 0.3 is 5.97 Å². The number of hydrogen-bond donors (Lipinski definition) is 3. The number of carboxylic acids is 1. The minimum absolute atomic E-state index is 0.182. The number of carbonyl (C=O) groups excluding carboxylic acids is 1. The third-order valence-corrected chi connectivity index (χ3v) is 7.11. The lowest BCUT2D eigenvalue weighted by Gasteiger charge is -2.17. The first-order valence-corrected chi connectivity index (χ1v) is 12.8. The van der Waals surface area contributed by atoms with E-state index in [1.54, 1.807) is 17.5 Å². The largest absolute Gasteiger partial charge is 0.480 e. The molecule has 2 aromatic carbocycles. The molecule has 190 valence electrons. The fourth-order valence-electron chi connectivity index (χ4n) is 4.32. The quantitative estimate of drug-likeness (QED) is 0.273. The van der Waals surface area contributed by atoms with Gasteiger partial charge < -0.3 is 15.7 Å². The predicted molar refractivity (Wildman–Crippen MR) is 147 cm³/mol. The van der Waals surface area contributed by atoms with E-state index >= 15 is 0 Å². The highest BCUT2D eigenvalue weighted by Gasteiger charge is 2.23. The van der Waals surface area contributed by atoms with Crippen LogP contribution in [-0.4, -0.2) is 33.0 Å². The molecule has 4 rings (SSSR count). The van der Waals surface area contributed by atoms with Crippen molar-refractivity contribution in [2.24, 2.45) is 0 Å². The Kier molecular flexibility index (Phi) is 7.98. The number of aliphatic carboxylic acids is 1. The highest BCUT2D eigenvalue weighted by atomic mass is 32.1. The summed E-state index contributed by atoms with van der Waals surface area (Å²) >= 11 is 1.59. The van der Waals surface area contributed by atoms with Crippen molar-refractivity contribution in [3.05, 3.63) is 99.2 Å². The SMILES string of the molecule is Cc1ccnc(NCc2cnc(-c3ccc(C[C@H](NC(=O)c4c(C)cc(C)cc4C)C(=O)O)cc3)s2)c1. The summed E-state index contributed by atoms with van der Waals surface area (Å²) < 4.78 is 0. The summed E-state index contributed by atoms with van der Waals surface area (Å²) in [6.07, 6.45) is 3.81. The second-order valence-electron chi connectivity index (χ2n) is 9.24. The molecular formula is C29H30N4O3S. The summed E-state index contributed by atoms with van der Waals surface area (Å²) in [7, 11) is 0. The summed E-state index contributed by atoms with van der Waals surface area (Å²) in [5, 5.41) is 16.7. The molecule has 7 nitrogen and oxygen atoms in total. The van der Waals surface area contributed by atoms with Gasteiger partial charge in [-0.05, 0) is 62.1 Å². The molecular weight excluding hydrogens is 484 g/mol. The lowest BCUT2D eigenvalue weighted by molar-refractivity contribution is -0.139. The zero-order valence-electron chi connectivity index (χ0n) is 21.3. The van der Waals surface area contributed by atoms with Crippen LogP contribution in [0.1, 0.15) is 43.1 Å². The molecule has 0 saturated heterocycles. The van der Waals surface area contributed by atoms with Crippen LogP contribution in [0, 0.1) is 27.7 Å². The van der Waals surface area contributed by atoms with E-state index in [9.17, 15) is 14.7 Å². The first-order chi connectivity index (χ1) is 17.7. The monoisotopic (exact) mass is 514 g/mol. The third kappa shape index (κ3) is 6.59. The maximum absolute atomic E-state index is 12.9. The molecule has 37 heavy (non-hydrogen) atoms. The fourth-order valence-corrected chi connectivity index (χ4v) is 5.18. The van der Waals surface area contributed by atoms with Gasteiger partial charge in [-0.3, -0.25) is 4.79 Å². The fraction of sp³-hybridized carbons (Fsp3) is 0.241. The molecule has 3 N–H and O–H groups in total. The maximum Gasteiger partial charge on any atom is 0.326 e. The van der Waals surface area contributed by atoms with Gasteiger partial charge in [0.1, 0.15) is 16.9 Å². The second-order valence-corrected chi connectivity index (χ2v) is 10.4. The summed E-state index contributed by atoms with van der Waals surface area (Å²) in [6.45, 7) is 8.36. The van der Waals surface area contributed by atoms with Gasteiger partial charge in [0.25, 0.3) is 5.91 Å². The van der Waals surface area contributed by atoms with Crippen molar-refractivity contribution < 1.29 is 14.7 Å². The minimum atomic E-state index is -1.07. The molecule has 0 fully saturated rings. The molecule has 0 spiro atoms. The van der Waals surface area contributed by atoms with E-state index in [1.807, 2.05) is 82.4 Å². The number of nitrogens with zero attached hydrogens (tertiary/aromatic N) is 2. The van der Waals surface area contributed by atoms with Crippen LogP contribution in [0.25, 0.3) is 10.6 Å². The van der Waals surface area contributed by atoms with Gasteiger partial charge in [0, 0.05) is 34.8 Å². The number of carboxylic acid groups (broad SMARTS) is 1. The van der Waals surface area contributed by atoms with E-state index in [0.717, 1.165) is 49.1 Å². The standard InChI is InChI=1S/C29H30N4O3S/c1-17-9-10-30-25(13-17)31-15-23-16-32-28(37-23)22-7-5-21(6-8-22)14-24(29(35)36)33-27(34)26-19(3)11-18(2)12-20(26)4/h5-13,16,24H,14-15H2,1-4H3,(H,30,31)(H,33,34)(H,35,36)/t24-/m0/s1. The number of aromatic nitrogens is 2. The van der Waals surface area contributed by atoms with Gasteiger partial charge in [0.15, 0.2) is 0 Å². The molecule has 0 aliphatic heterocycles. The number of carbonyl (C=O) groups is 2. The van der Waals surface area contributed by atoms with Crippen molar-refractivity contribution >= 4 is 29.0 Å². The molecule has 0 saturated carbocycles. The zero-order valence-corrected chi connectivity index (χ0v) is 22.1. The van der Waals surface area contributed by atoms with Crippen LogP contribution in [-0.2, 0) is 17.8 Å². The predicted octanol–water partition coefficient (Wildman–Crippen LogP) is 5.48. The van der Waals surface area contributed by atoms with E-state index in [0.29, 0.717) is 12.1 Å². The maximum atomic E-state index is 12.9. The molecule has 0 aliphatic rings. The molecule has 1 amide bonds. The summed E-state index contributed by atoms with van der Waals surface area (Å²) in [5.41, 5.74) is 6.17. The molecule has 8 heteroatoms. The topological polar surface area (TPSA) is 104 Å². The first-order valence-electron chi connectivity index (χ1n) is 12.0. The Bertz CT molecular complexity index is 1410. The second kappa shape index (κ2) is 11.3. The summed E-state index contributed by atoms with van der Waals surface area (Å²) in [4.78, 5) is 34.8. The Morgan fingerprint density at radius 1 is 0.946 bits per heavy atom. The van der Waals surface area contributed by atoms with E-state index in [1.165, 1.54) is 0 Å². The van der Waals surface area contributed by atoms with Crippen molar-refractivity contribution in [1.82, 2.24) is 15.3 Å². The van der Waals surface area contributed by atoms with Gasteiger partial charge in [-0.15, -0.1) is 11.3 Å². The van der Waals surface area contributed by atoms with Crippen LogP contribution < -0.4 is 10.6 Å². The van der Waals surface area contributed by atoms with Gasteiger partial charge in [0.05, 0.1) is 6.54 Å². The Labute approximate surface area is 220 Å². The molecule has 0 radical (unpaired) electrons. The van der Waals surface area contributed by atoms with Crippen LogP contribution in [0.2, 0.25) is 0 Å². The first kappa shape index (κ1) is 26.0. The minimum Gasteiger partial charge on any atom is -0.480 e. The molecule has 0 unspecified atom stereocenters. The van der Waals surface area contributed by atoms with Crippen molar-refractivity contribution in [1.29, 1.82) is 0 Å². The number of rotatable bonds is 9. The van der Waals surface area contributed by atoms with Gasteiger partial charge in [-0.2, -0.15) is 0 Å². The summed E-state index contributed by atoms with van der Waals surface area (Å²) in [6, 6.07) is 14.4.